The van der Waals surface area contributed by atoms with Crippen molar-refractivity contribution in [1.82, 2.24) is 10.1 Å². The number of urea groups is 1. The van der Waals surface area contributed by atoms with Crippen molar-refractivity contribution in [3.8, 4) is 5.75 Å². The molecule has 32 heavy (non-hydrogen) atoms. The number of carbonyl (C=O) groups is 1. The number of amides is 2. The van der Waals surface area contributed by atoms with Crippen molar-refractivity contribution in [2.45, 2.75) is 19.8 Å². The summed E-state index contributed by atoms with van der Waals surface area (Å²) in [5.41, 5.74) is 3.98. The fraction of sp³-hybridized carbons (Fsp3) is 0.280. The summed E-state index contributed by atoms with van der Waals surface area (Å²) in [5, 5.41) is 6.39. The molecule has 1 saturated heterocycles. The molecule has 0 bridgehead atoms. The van der Waals surface area contributed by atoms with E-state index in [2.05, 4.69) is 29.5 Å². The molecule has 3 aromatic rings. The van der Waals surface area contributed by atoms with E-state index in [1.165, 1.54) is 30.2 Å². The SMILES string of the molecule is CC1CN(C(=O)Nc2cnoc2)CC/C1=C\c1cccc(OCCc2ccc(F)cc2)c1. The molecule has 6 nitrogen and oxygen atoms in total. The molecule has 1 aromatic heterocycles. The average Bonchev–Trinajstić information content (AvgIpc) is 3.30. The lowest BCUT2D eigenvalue weighted by Crippen LogP contribution is -2.42. The van der Waals surface area contributed by atoms with E-state index in [0.29, 0.717) is 25.4 Å². The zero-order valence-corrected chi connectivity index (χ0v) is 18.0. The number of piperidine rings is 1. The molecule has 1 fully saturated rings. The Kier molecular flexibility index (Phi) is 6.84. The maximum Gasteiger partial charge on any atom is 0.322 e. The molecule has 1 atom stereocenters. The van der Waals surface area contributed by atoms with Crippen LogP contribution in [0.2, 0.25) is 0 Å². The van der Waals surface area contributed by atoms with Gasteiger partial charge < -0.3 is 19.5 Å². The lowest BCUT2D eigenvalue weighted by molar-refractivity contribution is 0.198. The molecule has 7 heteroatoms. The van der Waals surface area contributed by atoms with Crippen molar-refractivity contribution in [3.63, 3.8) is 0 Å². The summed E-state index contributed by atoms with van der Waals surface area (Å²) < 4.78 is 23.7. The Morgan fingerprint density at radius 2 is 2.16 bits per heavy atom. The Labute approximate surface area is 186 Å². The van der Waals surface area contributed by atoms with Gasteiger partial charge >= 0.3 is 6.03 Å². The van der Waals surface area contributed by atoms with Crippen LogP contribution < -0.4 is 10.1 Å². The lowest BCUT2D eigenvalue weighted by Gasteiger charge is -2.33. The maximum atomic E-state index is 13.0. The second-order valence-electron chi connectivity index (χ2n) is 7.96. The highest BCUT2D eigenvalue weighted by atomic mass is 19.1. The largest absolute Gasteiger partial charge is 0.493 e. The number of halogens is 1. The molecule has 1 aliphatic heterocycles. The van der Waals surface area contributed by atoms with Gasteiger partial charge in [0, 0.05) is 19.5 Å². The van der Waals surface area contributed by atoms with Crippen molar-refractivity contribution in [2.75, 3.05) is 25.0 Å². The van der Waals surface area contributed by atoms with Crippen LogP contribution in [0.3, 0.4) is 0 Å². The number of benzene rings is 2. The molecule has 2 heterocycles. The fourth-order valence-electron chi connectivity index (χ4n) is 3.76. The molecule has 1 aliphatic rings. The molecule has 166 valence electrons. The smallest absolute Gasteiger partial charge is 0.322 e. The first-order chi connectivity index (χ1) is 15.6. The third-order valence-electron chi connectivity index (χ3n) is 5.55. The number of anilines is 1. The van der Waals surface area contributed by atoms with Gasteiger partial charge in [-0.25, -0.2) is 9.18 Å². The molecule has 1 unspecified atom stereocenters. The van der Waals surface area contributed by atoms with Crippen molar-refractivity contribution < 1.29 is 18.4 Å². The van der Waals surface area contributed by atoms with Gasteiger partial charge in [0.2, 0.25) is 0 Å². The first-order valence-corrected chi connectivity index (χ1v) is 10.7. The number of rotatable bonds is 6. The normalized spacial score (nSPS) is 17.4. The summed E-state index contributed by atoms with van der Waals surface area (Å²) in [6.45, 7) is 3.96. The van der Waals surface area contributed by atoms with Crippen LogP contribution in [0.5, 0.6) is 5.75 Å². The van der Waals surface area contributed by atoms with Gasteiger partial charge in [0.25, 0.3) is 0 Å². The molecule has 2 amide bonds. The van der Waals surface area contributed by atoms with Crippen LogP contribution in [0.25, 0.3) is 6.08 Å². The minimum Gasteiger partial charge on any atom is -0.493 e. The quantitative estimate of drug-likeness (QED) is 0.564. The Balaban J connectivity index is 1.31. The van der Waals surface area contributed by atoms with Crippen molar-refractivity contribution in [1.29, 1.82) is 0 Å². The third kappa shape index (κ3) is 5.75. The van der Waals surface area contributed by atoms with E-state index in [-0.39, 0.29) is 17.8 Å². The highest BCUT2D eigenvalue weighted by Crippen LogP contribution is 2.26. The summed E-state index contributed by atoms with van der Waals surface area (Å²) in [6.07, 6.45) is 6.60. The van der Waals surface area contributed by atoms with Gasteiger partial charge in [-0.15, -0.1) is 0 Å². The first kappa shape index (κ1) is 21.6. The van der Waals surface area contributed by atoms with E-state index in [1.54, 1.807) is 12.1 Å². The van der Waals surface area contributed by atoms with Crippen LogP contribution in [0.4, 0.5) is 14.9 Å². The van der Waals surface area contributed by atoms with Crippen LogP contribution in [0, 0.1) is 11.7 Å². The topological polar surface area (TPSA) is 67.6 Å². The van der Waals surface area contributed by atoms with Crippen LogP contribution in [0.1, 0.15) is 24.5 Å². The summed E-state index contributed by atoms with van der Waals surface area (Å²) in [4.78, 5) is 14.2. The molecule has 0 saturated carbocycles. The van der Waals surface area contributed by atoms with Crippen LogP contribution in [-0.2, 0) is 6.42 Å². The molecule has 2 aromatic carbocycles. The number of nitrogens with zero attached hydrogens (tertiary/aromatic N) is 2. The predicted molar refractivity (Wildman–Crippen MR) is 121 cm³/mol. The molecular weight excluding hydrogens is 409 g/mol. The zero-order valence-electron chi connectivity index (χ0n) is 18.0. The summed E-state index contributed by atoms with van der Waals surface area (Å²) in [5.74, 6) is 0.825. The number of carbonyl (C=O) groups excluding carboxylic acids is 1. The molecule has 0 radical (unpaired) electrons. The van der Waals surface area contributed by atoms with Crippen molar-refractivity contribution >= 4 is 17.8 Å². The number of likely N-dealkylation sites (tertiary alicyclic amines) is 1. The molecule has 1 N–H and O–H groups in total. The van der Waals surface area contributed by atoms with E-state index in [4.69, 9.17) is 9.26 Å². The Hall–Kier alpha value is -3.61. The van der Waals surface area contributed by atoms with Crippen LogP contribution >= 0.6 is 0 Å². The van der Waals surface area contributed by atoms with Gasteiger partial charge in [-0.2, -0.15) is 0 Å². The van der Waals surface area contributed by atoms with E-state index < -0.39 is 0 Å². The number of hydrogen-bond donors (Lipinski definition) is 1. The maximum absolute atomic E-state index is 13.0. The van der Waals surface area contributed by atoms with Gasteiger partial charge in [-0.3, -0.25) is 0 Å². The summed E-state index contributed by atoms with van der Waals surface area (Å²) in [6, 6.07) is 14.3. The highest BCUT2D eigenvalue weighted by Gasteiger charge is 2.24. The monoisotopic (exact) mass is 435 g/mol. The molecule has 0 aliphatic carbocycles. The Morgan fingerprint density at radius 3 is 2.91 bits per heavy atom. The van der Waals surface area contributed by atoms with E-state index >= 15 is 0 Å². The second kappa shape index (κ2) is 10.1. The number of ether oxygens (including phenoxy) is 1. The van der Waals surface area contributed by atoms with Crippen LogP contribution in [0.15, 0.2) is 71.1 Å². The molecule has 0 spiro atoms. The predicted octanol–water partition coefficient (Wildman–Crippen LogP) is 5.39. The Bertz CT molecular complexity index is 1060. The van der Waals surface area contributed by atoms with Crippen LogP contribution in [-0.4, -0.2) is 35.8 Å². The first-order valence-electron chi connectivity index (χ1n) is 10.7. The van der Waals surface area contributed by atoms with Gasteiger partial charge in [0.15, 0.2) is 0 Å². The van der Waals surface area contributed by atoms with Gasteiger partial charge in [0.05, 0.1) is 12.8 Å². The third-order valence-corrected chi connectivity index (χ3v) is 5.55. The van der Waals surface area contributed by atoms with E-state index in [1.807, 2.05) is 23.1 Å². The number of aromatic nitrogens is 1. The molecular formula is C25H26FN3O3. The minimum absolute atomic E-state index is 0.143. The summed E-state index contributed by atoms with van der Waals surface area (Å²) >= 11 is 0. The van der Waals surface area contributed by atoms with Gasteiger partial charge in [0.1, 0.15) is 23.5 Å². The van der Waals surface area contributed by atoms with Crippen molar-refractivity contribution in [3.05, 3.63) is 83.5 Å². The van der Waals surface area contributed by atoms with Crippen molar-refractivity contribution in [2.24, 2.45) is 5.92 Å². The zero-order chi connectivity index (χ0) is 22.3. The van der Waals surface area contributed by atoms with Gasteiger partial charge in [-0.1, -0.05) is 48.0 Å². The lowest BCUT2D eigenvalue weighted by atomic mass is 9.91. The fourth-order valence-corrected chi connectivity index (χ4v) is 3.76. The van der Waals surface area contributed by atoms with E-state index in [9.17, 15) is 9.18 Å². The average molecular weight is 435 g/mol. The second-order valence-corrected chi connectivity index (χ2v) is 7.96. The van der Waals surface area contributed by atoms with E-state index in [0.717, 1.165) is 29.7 Å². The Morgan fingerprint density at radius 1 is 1.31 bits per heavy atom. The van der Waals surface area contributed by atoms with Gasteiger partial charge in [-0.05, 0) is 47.7 Å². The number of nitrogens with one attached hydrogen (secondary N) is 1. The summed E-state index contributed by atoms with van der Waals surface area (Å²) in [7, 11) is 0. The molecule has 4 rings (SSSR count). The minimum atomic E-state index is -0.230. The standard InChI is InChI=1S/C25H26FN3O3/c1-18-16-29(25(30)28-23-15-27-32-17-23)11-9-21(18)13-20-3-2-4-24(14-20)31-12-10-19-5-7-22(26)8-6-19/h2-8,13-15,17-18H,9-12,16H2,1H3,(H,28,30)/b21-13+. The highest BCUT2D eigenvalue weighted by molar-refractivity contribution is 5.89. The number of hydrogen-bond acceptors (Lipinski definition) is 4.